The molecular weight excluding hydrogens is 136 g/mol. The topological polar surface area (TPSA) is 20.2 Å². The van der Waals surface area contributed by atoms with Crippen molar-refractivity contribution in [1.29, 1.82) is 0 Å². The average molecular weight is 156 g/mol. The first-order valence-electron chi connectivity index (χ1n) is 4.53. The van der Waals surface area contributed by atoms with Crippen molar-refractivity contribution >= 4 is 0 Å². The Morgan fingerprint density at radius 1 is 1.18 bits per heavy atom. The molecule has 0 aliphatic heterocycles. The fourth-order valence-corrected chi connectivity index (χ4v) is 0.860. The molecule has 0 saturated heterocycles. The van der Waals surface area contributed by atoms with Gasteiger partial charge in [0.05, 0.1) is 0 Å². The van der Waals surface area contributed by atoms with E-state index in [2.05, 4.69) is 26.0 Å². The van der Waals surface area contributed by atoms with E-state index >= 15 is 0 Å². The van der Waals surface area contributed by atoms with Crippen molar-refractivity contribution in [2.24, 2.45) is 5.92 Å². The lowest BCUT2D eigenvalue weighted by Crippen LogP contribution is -1.82. The minimum atomic E-state index is 0.331. The summed E-state index contributed by atoms with van der Waals surface area (Å²) >= 11 is 0. The summed E-state index contributed by atoms with van der Waals surface area (Å²) in [7, 11) is 0. The number of hydrogen-bond acceptors (Lipinski definition) is 1. The molecule has 0 unspecified atom stereocenters. The minimum Gasteiger partial charge on any atom is -0.396 e. The highest BCUT2D eigenvalue weighted by Gasteiger charge is 1.86. The molecule has 0 heterocycles. The van der Waals surface area contributed by atoms with Crippen LogP contribution >= 0.6 is 0 Å². The van der Waals surface area contributed by atoms with Gasteiger partial charge in [-0.2, -0.15) is 0 Å². The summed E-state index contributed by atoms with van der Waals surface area (Å²) in [4.78, 5) is 0. The number of aliphatic hydroxyl groups is 1. The molecule has 0 saturated carbocycles. The van der Waals surface area contributed by atoms with Crippen molar-refractivity contribution in [3.8, 4) is 0 Å². The second kappa shape index (κ2) is 7.80. The van der Waals surface area contributed by atoms with E-state index in [9.17, 15) is 0 Å². The van der Waals surface area contributed by atoms with Crippen molar-refractivity contribution in [1.82, 2.24) is 0 Å². The van der Waals surface area contributed by atoms with E-state index in [1.54, 1.807) is 0 Å². The monoisotopic (exact) mass is 156 g/mol. The Kier molecular flexibility index (Phi) is 7.59. The molecule has 0 aromatic rings. The first-order chi connectivity index (χ1) is 5.27. The van der Waals surface area contributed by atoms with Crippen LogP contribution in [-0.4, -0.2) is 11.7 Å². The highest BCUT2D eigenvalue weighted by molar-refractivity contribution is 4.82. The van der Waals surface area contributed by atoms with Gasteiger partial charge < -0.3 is 5.11 Å². The summed E-state index contributed by atoms with van der Waals surface area (Å²) in [5.41, 5.74) is 0. The Balaban J connectivity index is 3.03. The number of rotatable bonds is 6. The van der Waals surface area contributed by atoms with E-state index < -0.39 is 0 Å². The zero-order valence-corrected chi connectivity index (χ0v) is 7.71. The quantitative estimate of drug-likeness (QED) is 0.463. The third-order valence-electron chi connectivity index (χ3n) is 1.55. The summed E-state index contributed by atoms with van der Waals surface area (Å²) in [6, 6.07) is 0. The van der Waals surface area contributed by atoms with Gasteiger partial charge in [0.2, 0.25) is 0 Å². The molecule has 0 bridgehead atoms. The third kappa shape index (κ3) is 9.70. The molecule has 0 aromatic carbocycles. The maximum atomic E-state index is 8.49. The van der Waals surface area contributed by atoms with Crippen LogP contribution in [0.4, 0.5) is 0 Å². The molecule has 1 nitrogen and oxygen atoms in total. The number of aliphatic hydroxyl groups excluding tert-OH is 1. The van der Waals surface area contributed by atoms with Crippen LogP contribution < -0.4 is 0 Å². The average Bonchev–Trinajstić information content (AvgIpc) is 1.96. The molecule has 0 aliphatic rings. The van der Waals surface area contributed by atoms with Crippen molar-refractivity contribution in [2.45, 2.75) is 39.5 Å². The summed E-state index contributed by atoms with van der Waals surface area (Å²) in [6.07, 6.45) is 8.81. The molecule has 0 atom stereocenters. The Hall–Kier alpha value is -0.300. The molecule has 66 valence electrons. The van der Waals surface area contributed by atoms with Gasteiger partial charge in [-0.15, -0.1) is 0 Å². The van der Waals surface area contributed by atoms with Gasteiger partial charge in [0.1, 0.15) is 0 Å². The molecule has 0 rings (SSSR count). The number of unbranched alkanes of at least 4 members (excludes halogenated alkanes) is 2. The lowest BCUT2D eigenvalue weighted by atomic mass is 10.1. The van der Waals surface area contributed by atoms with Gasteiger partial charge in [0, 0.05) is 6.61 Å². The second-order valence-corrected chi connectivity index (χ2v) is 3.32. The van der Waals surface area contributed by atoms with Gasteiger partial charge in [0.15, 0.2) is 0 Å². The van der Waals surface area contributed by atoms with Crippen molar-refractivity contribution < 1.29 is 5.11 Å². The minimum absolute atomic E-state index is 0.331. The zero-order valence-electron chi connectivity index (χ0n) is 7.71. The second-order valence-electron chi connectivity index (χ2n) is 3.32. The smallest absolute Gasteiger partial charge is 0.0431 e. The lowest BCUT2D eigenvalue weighted by molar-refractivity contribution is 0.285. The van der Waals surface area contributed by atoms with E-state index in [0.717, 1.165) is 25.2 Å². The molecule has 0 spiro atoms. The van der Waals surface area contributed by atoms with Gasteiger partial charge in [0.25, 0.3) is 0 Å². The summed E-state index contributed by atoms with van der Waals surface area (Å²) in [5.74, 6) is 0.768. The molecule has 0 amide bonds. The summed E-state index contributed by atoms with van der Waals surface area (Å²) in [5, 5.41) is 8.49. The predicted molar refractivity (Wildman–Crippen MR) is 49.5 cm³/mol. The lowest BCUT2D eigenvalue weighted by Gasteiger charge is -1.96. The molecule has 1 heteroatoms. The van der Waals surface area contributed by atoms with Crippen molar-refractivity contribution in [3.05, 3.63) is 12.2 Å². The first kappa shape index (κ1) is 10.7. The van der Waals surface area contributed by atoms with Crippen LogP contribution in [0.25, 0.3) is 0 Å². The van der Waals surface area contributed by atoms with Crippen molar-refractivity contribution in [2.75, 3.05) is 6.61 Å². The number of allylic oxidation sites excluding steroid dienone is 2. The summed E-state index contributed by atoms with van der Waals surface area (Å²) < 4.78 is 0. The fourth-order valence-electron chi connectivity index (χ4n) is 0.860. The van der Waals surface area contributed by atoms with Crippen LogP contribution in [0.1, 0.15) is 39.5 Å². The molecule has 11 heavy (non-hydrogen) atoms. The normalized spacial score (nSPS) is 11.6. The SMILES string of the molecule is CC(C)C/C=C/CCCCO. The maximum absolute atomic E-state index is 8.49. The predicted octanol–water partition coefficient (Wildman–Crippen LogP) is 2.75. The van der Waals surface area contributed by atoms with E-state index in [-0.39, 0.29) is 0 Å². The first-order valence-corrected chi connectivity index (χ1v) is 4.53. The fraction of sp³-hybridized carbons (Fsp3) is 0.800. The summed E-state index contributed by atoms with van der Waals surface area (Å²) in [6.45, 7) is 4.77. The van der Waals surface area contributed by atoms with Gasteiger partial charge in [-0.3, -0.25) is 0 Å². The molecule has 0 fully saturated rings. The number of hydrogen-bond donors (Lipinski definition) is 1. The molecule has 0 aliphatic carbocycles. The maximum Gasteiger partial charge on any atom is 0.0431 e. The van der Waals surface area contributed by atoms with Gasteiger partial charge in [-0.05, 0) is 31.6 Å². The van der Waals surface area contributed by atoms with Crippen LogP contribution in [0.5, 0.6) is 0 Å². The van der Waals surface area contributed by atoms with Crippen LogP contribution in [0.2, 0.25) is 0 Å². The van der Waals surface area contributed by atoms with Gasteiger partial charge >= 0.3 is 0 Å². The Bertz CT molecular complexity index is 95.0. The highest BCUT2D eigenvalue weighted by Crippen LogP contribution is 2.02. The van der Waals surface area contributed by atoms with Crippen molar-refractivity contribution in [3.63, 3.8) is 0 Å². The molecule has 1 N–H and O–H groups in total. The van der Waals surface area contributed by atoms with E-state index in [1.165, 1.54) is 6.42 Å². The highest BCUT2D eigenvalue weighted by atomic mass is 16.2. The van der Waals surface area contributed by atoms with Crippen LogP contribution in [0, 0.1) is 5.92 Å². The van der Waals surface area contributed by atoms with Gasteiger partial charge in [-0.1, -0.05) is 26.0 Å². The van der Waals surface area contributed by atoms with E-state index in [4.69, 9.17) is 5.11 Å². The van der Waals surface area contributed by atoms with E-state index in [1.807, 2.05) is 0 Å². The standard InChI is InChI=1S/C10H20O/c1-10(2)8-6-4-3-5-7-9-11/h4,6,10-11H,3,5,7-9H2,1-2H3/b6-4+. The molecule has 0 radical (unpaired) electrons. The third-order valence-corrected chi connectivity index (χ3v) is 1.55. The largest absolute Gasteiger partial charge is 0.396 e. The Morgan fingerprint density at radius 3 is 2.45 bits per heavy atom. The van der Waals surface area contributed by atoms with Gasteiger partial charge in [-0.25, -0.2) is 0 Å². The van der Waals surface area contributed by atoms with Crippen LogP contribution in [-0.2, 0) is 0 Å². The Labute approximate surface area is 70.1 Å². The zero-order chi connectivity index (χ0) is 8.53. The molecule has 0 aromatic heterocycles. The van der Waals surface area contributed by atoms with E-state index in [0.29, 0.717) is 6.61 Å². The van der Waals surface area contributed by atoms with Crippen LogP contribution in [0.15, 0.2) is 12.2 Å². The Morgan fingerprint density at radius 2 is 1.91 bits per heavy atom. The van der Waals surface area contributed by atoms with Crippen LogP contribution in [0.3, 0.4) is 0 Å². The molecular formula is C10H20O.